The van der Waals surface area contributed by atoms with Crippen LogP contribution >= 0.6 is 0 Å². The fourth-order valence-electron chi connectivity index (χ4n) is 1.53. The minimum Gasteiger partial charge on any atom is -0.397 e. The van der Waals surface area contributed by atoms with E-state index in [1.807, 2.05) is 0 Å². The van der Waals surface area contributed by atoms with Crippen LogP contribution in [0.3, 0.4) is 0 Å². The van der Waals surface area contributed by atoms with E-state index in [0.29, 0.717) is 11.4 Å². The van der Waals surface area contributed by atoms with Crippen molar-refractivity contribution in [2.45, 2.75) is 0 Å². The highest BCUT2D eigenvalue weighted by atomic mass is 19.1. The van der Waals surface area contributed by atoms with Crippen LogP contribution < -0.4 is 11.1 Å². The maximum absolute atomic E-state index is 12.7. The van der Waals surface area contributed by atoms with Gasteiger partial charge in [-0.3, -0.25) is 4.79 Å². The zero-order valence-corrected chi connectivity index (χ0v) is 10.1. The summed E-state index contributed by atoms with van der Waals surface area (Å²) >= 11 is 0. The minimum absolute atomic E-state index is 0.290. The first kappa shape index (κ1) is 12.8. The van der Waals surface area contributed by atoms with Gasteiger partial charge in [-0.25, -0.2) is 4.39 Å². The molecule has 0 aliphatic heterocycles. The molecule has 19 heavy (non-hydrogen) atoms. The second kappa shape index (κ2) is 5.82. The molecule has 0 heterocycles. The third-order valence-corrected chi connectivity index (χ3v) is 2.52. The number of benzene rings is 2. The number of amides is 1. The van der Waals surface area contributed by atoms with Gasteiger partial charge in [-0.05, 0) is 35.9 Å². The van der Waals surface area contributed by atoms with Crippen LogP contribution in [0.25, 0.3) is 6.08 Å². The first-order valence-corrected chi connectivity index (χ1v) is 5.74. The fraction of sp³-hybridized carbons (Fsp3) is 0. The summed E-state index contributed by atoms with van der Waals surface area (Å²) in [6.45, 7) is 0. The van der Waals surface area contributed by atoms with Crippen LogP contribution in [0.15, 0.2) is 54.6 Å². The fourth-order valence-corrected chi connectivity index (χ4v) is 1.53. The number of para-hydroxylation sites is 2. The van der Waals surface area contributed by atoms with E-state index in [-0.39, 0.29) is 11.7 Å². The lowest BCUT2D eigenvalue weighted by atomic mass is 10.2. The monoisotopic (exact) mass is 256 g/mol. The second-order valence-electron chi connectivity index (χ2n) is 3.96. The summed E-state index contributed by atoms with van der Waals surface area (Å²) in [5, 5.41) is 2.67. The first-order valence-electron chi connectivity index (χ1n) is 5.74. The molecule has 2 aromatic rings. The highest BCUT2D eigenvalue weighted by Gasteiger charge is 2.00. The third kappa shape index (κ3) is 3.67. The van der Waals surface area contributed by atoms with Gasteiger partial charge in [0.2, 0.25) is 5.91 Å². The molecule has 3 N–H and O–H groups in total. The molecule has 0 radical (unpaired) electrons. The number of nitrogens with two attached hydrogens (primary N) is 1. The first-order chi connectivity index (χ1) is 9.15. The summed E-state index contributed by atoms with van der Waals surface area (Å²) in [6.07, 6.45) is 2.98. The molecule has 1 amide bonds. The molecule has 3 nitrogen and oxygen atoms in total. The molecule has 96 valence electrons. The Hall–Kier alpha value is -2.62. The van der Waals surface area contributed by atoms with Gasteiger partial charge in [0.25, 0.3) is 0 Å². The number of carbonyl (C=O) groups excluding carboxylic acids is 1. The molecular weight excluding hydrogens is 243 g/mol. The van der Waals surface area contributed by atoms with Crippen LogP contribution in [-0.4, -0.2) is 5.91 Å². The van der Waals surface area contributed by atoms with Crippen LogP contribution in [0.1, 0.15) is 5.56 Å². The van der Waals surface area contributed by atoms with Crippen molar-refractivity contribution in [1.82, 2.24) is 0 Å². The van der Waals surface area contributed by atoms with Gasteiger partial charge in [0.05, 0.1) is 11.4 Å². The van der Waals surface area contributed by atoms with Gasteiger partial charge < -0.3 is 11.1 Å². The van der Waals surface area contributed by atoms with Crippen LogP contribution in [0, 0.1) is 5.82 Å². The maximum atomic E-state index is 12.7. The van der Waals surface area contributed by atoms with Crippen molar-refractivity contribution in [3.8, 4) is 0 Å². The van der Waals surface area contributed by atoms with Gasteiger partial charge in [-0.15, -0.1) is 0 Å². The van der Waals surface area contributed by atoms with E-state index in [2.05, 4.69) is 5.32 Å². The predicted molar refractivity (Wildman–Crippen MR) is 74.9 cm³/mol. The van der Waals surface area contributed by atoms with Gasteiger partial charge in [0, 0.05) is 6.08 Å². The quantitative estimate of drug-likeness (QED) is 0.655. The van der Waals surface area contributed by atoms with E-state index in [1.165, 1.54) is 18.2 Å². The van der Waals surface area contributed by atoms with Crippen LogP contribution in [0.2, 0.25) is 0 Å². The van der Waals surface area contributed by atoms with E-state index < -0.39 is 0 Å². The third-order valence-electron chi connectivity index (χ3n) is 2.52. The van der Waals surface area contributed by atoms with Gasteiger partial charge >= 0.3 is 0 Å². The smallest absolute Gasteiger partial charge is 0.248 e. The van der Waals surface area contributed by atoms with Crippen LogP contribution in [0.4, 0.5) is 15.8 Å². The zero-order chi connectivity index (χ0) is 13.7. The summed E-state index contributed by atoms with van der Waals surface area (Å²) in [7, 11) is 0. The summed E-state index contributed by atoms with van der Waals surface area (Å²) in [5.41, 5.74) is 7.53. The lowest BCUT2D eigenvalue weighted by Crippen LogP contribution is -2.09. The van der Waals surface area contributed by atoms with Gasteiger partial charge in [0.15, 0.2) is 0 Å². The highest BCUT2D eigenvalue weighted by Crippen LogP contribution is 2.16. The Morgan fingerprint density at radius 1 is 1.11 bits per heavy atom. The molecule has 0 fully saturated rings. The molecule has 2 aromatic carbocycles. The Morgan fingerprint density at radius 2 is 1.79 bits per heavy atom. The number of hydrogen-bond donors (Lipinski definition) is 2. The lowest BCUT2D eigenvalue weighted by molar-refractivity contribution is -0.111. The molecule has 0 spiro atoms. The molecule has 0 aromatic heterocycles. The number of hydrogen-bond acceptors (Lipinski definition) is 2. The number of halogens is 1. The number of nitrogens with one attached hydrogen (secondary N) is 1. The SMILES string of the molecule is Nc1ccccc1NC(=O)/C=C/c1ccc(F)cc1. The van der Waals surface area contributed by atoms with Crippen LogP contribution in [0.5, 0.6) is 0 Å². The van der Waals surface area contributed by atoms with Crippen molar-refractivity contribution in [1.29, 1.82) is 0 Å². The average molecular weight is 256 g/mol. The number of rotatable bonds is 3. The molecule has 0 saturated heterocycles. The summed E-state index contributed by atoms with van der Waals surface area (Å²) in [4.78, 5) is 11.7. The molecule has 2 rings (SSSR count). The van der Waals surface area contributed by atoms with E-state index in [0.717, 1.165) is 5.56 Å². The Morgan fingerprint density at radius 3 is 2.47 bits per heavy atom. The molecule has 0 unspecified atom stereocenters. The molecular formula is C15H13FN2O. The number of anilines is 2. The van der Waals surface area contributed by atoms with Gasteiger partial charge in [-0.1, -0.05) is 24.3 Å². The Labute approximate surface area is 110 Å². The minimum atomic E-state index is -0.307. The van der Waals surface area contributed by atoms with Gasteiger partial charge in [-0.2, -0.15) is 0 Å². The predicted octanol–water partition coefficient (Wildman–Crippen LogP) is 3.06. The van der Waals surface area contributed by atoms with Crippen molar-refractivity contribution in [3.05, 3.63) is 66.0 Å². The highest BCUT2D eigenvalue weighted by molar-refractivity contribution is 6.03. The second-order valence-corrected chi connectivity index (χ2v) is 3.96. The molecule has 0 aliphatic rings. The standard InChI is InChI=1S/C15H13FN2O/c16-12-8-5-11(6-9-12)7-10-15(19)18-14-4-2-1-3-13(14)17/h1-10H,17H2,(H,18,19)/b10-7+. The zero-order valence-electron chi connectivity index (χ0n) is 10.1. The summed E-state index contributed by atoms with van der Waals surface area (Å²) in [5.74, 6) is -0.596. The average Bonchev–Trinajstić information content (AvgIpc) is 2.41. The van der Waals surface area contributed by atoms with E-state index >= 15 is 0 Å². The van der Waals surface area contributed by atoms with Crippen molar-refractivity contribution < 1.29 is 9.18 Å². The number of carbonyl (C=O) groups is 1. The van der Waals surface area contributed by atoms with E-state index in [1.54, 1.807) is 42.5 Å². The van der Waals surface area contributed by atoms with Crippen molar-refractivity contribution in [3.63, 3.8) is 0 Å². The number of nitrogen functional groups attached to an aromatic ring is 1. The normalized spacial score (nSPS) is 10.6. The van der Waals surface area contributed by atoms with E-state index in [9.17, 15) is 9.18 Å². The molecule has 0 saturated carbocycles. The lowest BCUT2D eigenvalue weighted by Gasteiger charge is -2.04. The topological polar surface area (TPSA) is 55.1 Å². The van der Waals surface area contributed by atoms with E-state index in [4.69, 9.17) is 5.73 Å². The maximum Gasteiger partial charge on any atom is 0.248 e. The molecule has 0 atom stereocenters. The summed E-state index contributed by atoms with van der Waals surface area (Å²) in [6, 6.07) is 12.9. The van der Waals surface area contributed by atoms with Crippen molar-refractivity contribution in [2.75, 3.05) is 11.1 Å². The Balaban J connectivity index is 2.02. The van der Waals surface area contributed by atoms with Crippen LogP contribution in [-0.2, 0) is 4.79 Å². The van der Waals surface area contributed by atoms with Crippen molar-refractivity contribution in [2.24, 2.45) is 0 Å². The largest absolute Gasteiger partial charge is 0.397 e. The Bertz CT molecular complexity index is 606. The molecule has 0 aliphatic carbocycles. The molecule has 4 heteroatoms. The molecule has 0 bridgehead atoms. The van der Waals surface area contributed by atoms with Gasteiger partial charge in [0.1, 0.15) is 5.82 Å². The van der Waals surface area contributed by atoms with Crippen molar-refractivity contribution >= 4 is 23.4 Å². The summed E-state index contributed by atoms with van der Waals surface area (Å²) < 4.78 is 12.7. The Kier molecular flexibility index (Phi) is 3.93.